The van der Waals surface area contributed by atoms with Gasteiger partial charge in [0, 0.05) is 25.0 Å². The van der Waals surface area contributed by atoms with E-state index in [-0.39, 0.29) is 0 Å². The average molecular weight is 127 g/mol. The minimum absolute atomic E-state index is 0.326. The summed E-state index contributed by atoms with van der Waals surface area (Å²) in [7, 11) is 0. The SMILES string of the molecule is CC(C)N1CC(C=O)C1. The molecular weight excluding hydrogens is 114 g/mol. The molecule has 0 bridgehead atoms. The Morgan fingerprint density at radius 1 is 1.56 bits per heavy atom. The van der Waals surface area contributed by atoms with Gasteiger partial charge in [0.2, 0.25) is 0 Å². The van der Waals surface area contributed by atoms with Crippen molar-refractivity contribution in [1.29, 1.82) is 0 Å². The van der Waals surface area contributed by atoms with E-state index < -0.39 is 0 Å². The molecular formula is C7H13NO. The molecule has 52 valence electrons. The predicted molar refractivity (Wildman–Crippen MR) is 36.3 cm³/mol. The molecule has 9 heavy (non-hydrogen) atoms. The van der Waals surface area contributed by atoms with Gasteiger partial charge in [-0.2, -0.15) is 0 Å². The summed E-state index contributed by atoms with van der Waals surface area (Å²) in [5.74, 6) is 0.326. The largest absolute Gasteiger partial charge is 0.303 e. The molecule has 0 spiro atoms. The molecule has 0 atom stereocenters. The van der Waals surface area contributed by atoms with Crippen LogP contribution in [0.25, 0.3) is 0 Å². The Labute approximate surface area is 55.8 Å². The molecule has 0 aromatic heterocycles. The van der Waals surface area contributed by atoms with Gasteiger partial charge in [0.05, 0.1) is 0 Å². The highest BCUT2D eigenvalue weighted by Gasteiger charge is 2.27. The monoisotopic (exact) mass is 127 g/mol. The first kappa shape index (κ1) is 6.75. The van der Waals surface area contributed by atoms with Crippen LogP contribution in [0.15, 0.2) is 0 Å². The fraction of sp³-hybridized carbons (Fsp3) is 0.857. The summed E-state index contributed by atoms with van der Waals surface area (Å²) in [6, 6.07) is 0.612. The van der Waals surface area contributed by atoms with Crippen LogP contribution >= 0.6 is 0 Å². The maximum absolute atomic E-state index is 10.1. The highest BCUT2D eigenvalue weighted by Crippen LogP contribution is 2.15. The summed E-state index contributed by atoms with van der Waals surface area (Å²) < 4.78 is 0. The number of hydrogen-bond acceptors (Lipinski definition) is 2. The summed E-state index contributed by atoms with van der Waals surface area (Å²) in [5, 5.41) is 0. The van der Waals surface area contributed by atoms with E-state index in [4.69, 9.17) is 0 Å². The van der Waals surface area contributed by atoms with Gasteiger partial charge in [-0.1, -0.05) is 0 Å². The molecule has 1 saturated heterocycles. The van der Waals surface area contributed by atoms with Crippen LogP contribution in [0.2, 0.25) is 0 Å². The van der Waals surface area contributed by atoms with Crippen LogP contribution in [0.3, 0.4) is 0 Å². The van der Waals surface area contributed by atoms with E-state index in [2.05, 4.69) is 18.7 Å². The van der Waals surface area contributed by atoms with Gasteiger partial charge in [-0.15, -0.1) is 0 Å². The number of rotatable bonds is 2. The predicted octanol–water partition coefficient (Wildman–Crippen LogP) is 0.526. The molecule has 0 saturated carbocycles. The molecule has 1 aliphatic heterocycles. The minimum atomic E-state index is 0.326. The van der Waals surface area contributed by atoms with Gasteiger partial charge in [0.25, 0.3) is 0 Å². The number of likely N-dealkylation sites (tertiary alicyclic amines) is 1. The van der Waals surface area contributed by atoms with E-state index in [9.17, 15) is 4.79 Å². The van der Waals surface area contributed by atoms with Gasteiger partial charge < -0.3 is 4.79 Å². The zero-order valence-corrected chi connectivity index (χ0v) is 6.00. The zero-order chi connectivity index (χ0) is 6.85. The van der Waals surface area contributed by atoms with Crippen molar-refractivity contribution in [1.82, 2.24) is 4.90 Å². The van der Waals surface area contributed by atoms with E-state index in [1.165, 1.54) is 0 Å². The maximum Gasteiger partial charge on any atom is 0.125 e. The van der Waals surface area contributed by atoms with Crippen molar-refractivity contribution in [3.05, 3.63) is 0 Å². The van der Waals surface area contributed by atoms with E-state index in [1.54, 1.807) is 0 Å². The Hall–Kier alpha value is -0.370. The second kappa shape index (κ2) is 2.48. The fourth-order valence-corrected chi connectivity index (χ4v) is 1.06. The topological polar surface area (TPSA) is 20.3 Å². The number of aldehydes is 1. The van der Waals surface area contributed by atoms with E-state index in [0.717, 1.165) is 19.4 Å². The van der Waals surface area contributed by atoms with Crippen LogP contribution in [-0.2, 0) is 4.79 Å². The molecule has 1 heterocycles. The number of hydrogen-bond donors (Lipinski definition) is 0. The summed E-state index contributed by atoms with van der Waals surface area (Å²) in [6.07, 6.45) is 1.05. The van der Waals surface area contributed by atoms with Gasteiger partial charge in [-0.25, -0.2) is 0 Å². The van der Waals surface area contributed by atoms with Gasteiger partial charge in [0.15, 0.2) is 0 Å². The third kappa shape index (κ3) is 1.30. The molecule has 0 radical (unpaired) electrons. The second-order valence-corrected chi connectivity index (χ2v) is 2.94. The molecule has 0 aromatic carbocycles. The summed E-state index contributed by atoms with van der Waals surface area (Å²) in [4.78, 5) is 12.4. The summed E-state index contributed by atoms with van der Waals surface area (Å²) in [5.41, 5.74) is 0. The molecule has 0 N–H and O–H groups in total. The third-order valence-electron chi connectivity index (χ3n) is 1.86. The van der Waals surface area contributed by atoms with Gasteiger partial charge >= 0.3 is 0 Å². The maximum atomic E-state index is 10.1. The third-order valence-corrected chi connectivity index (χ3v) is 1.86. The van der Waals surface area contributed by atoms with Crippen LogP contribution in [0.5, 0.6) is 0 Å². The summed E-state index contributed by atoms with van der Waals surface area (Å²) >= 11 is 0. The van der Waals surface area contributed by atoms with Crippen molar-refractivity contribution in [2.75, 3.05) is 13.1 Å². The number of carbonyl (C=O) groups excluding carboxylic acids is 1. The van der Waals surface area contributed by atoms with Crippen LogP contribution in [0.1, 0.15) is 13.8 Å². The van der Waals surface area contributed by atoms with Crippen LogP contribution in [-0.4, -0.2) is 30.3 Å². The molecule has 1 rings (SSSR count). The quantitative estimate of drug-likeness (QED) is 0.504. The molecule has 2 nitrogen and oxygen atoms in total. The lowest BCUT2D eigenvalue weighted by atomic mass is 10.0. The highest BCUT2D eigenvalue weighted by atomic mass is 16.1. The van der Waals surface area contributed by atoms with Gasteiger partial charge in [-0.05, 0) is 13.8 Å². The van der Waals surface area contributed by atoms with Crippen LogP contribution in [0.4, 0.5) is 0 Å². The second-order valence-electron chi connectivity index (χ2n) is 2.94. The van der Waals surface area contributed by atoms with Crippen molar-refractivity contribution in [2.24, 2.45) is 5.92 Å². The minimum Gasteiger partial charge on any atom is -0.303 e. The first-order valence-electron chi connectivity index (χ1n) is 3.43. The Morgan fingerprint density at radius 3 is 2.44 bits per heavy atom. The Bertz CT molecular complexity index is 105. The molecule has 0 aliphatic carbocycles. The van der Waals surface area contributed by atoms with Crippen LogP contribution < -0.4 is 0 Å². The fourth-order valence-electron chi connectivity index (χ4n) is 1.06. The van der Waals surface area contributed by atoms with E-state index in [0.29, 0.717) is 12.0 Å². The molecule has 1 fully saturated rings. The van der Waals surface area contributed by atoms with Crippen molar-refractivity contribution in [3.63, 3.8) is 0 Å². The molecule has 0 amide bonds. The van der Waals surface area contributed by atoms with E-state index >= 15 is 0 Å². The molecule has 1 aliphatic rings. The summed E-state index contributed by atoms with van der Waals surface area (Å²) in [6.45, 7) is 6.25. The van der Waals surface area contributed by atoms with Crippen LogP contribution in [0, 0.1) is 5.92 Å². The van der Waals surface area contributed by atoms with Crippen molar-refractivity contribution in [3.8, 4) is 0 Å². The number of carbonyl (C=O) groups is 1. The smallest absolute Gasteiger partial charge is 0.125 e. The lowest BCUT2D eigenvalue weighted by molar-refractivity contribution is -0.116. The van der Waals surface area contributed by atoms with E-state index in [1.807, 2.05) is 0 Å². The Kier molecular flexibility index (Phi) is 1.86. The molecule has 2 heteroatoms. The van der Waals surface area contributed by atoms with Gasteiger partial charge in [-0.3, -0.25) is 4.90 Å². The van der Waals surface area contributed by atoms with Gasteiger partial charge in [0.1, 0.15) is 6.29 Å². The Morgan fingerprint density at radius 2 is 2.11 bits per heavy atom. The molecule has 0 aromatic rings. The lowest BCUT2D eigenvalue weighted by Gasteiger charge is -2.39. The first-order valence-corrected chi connectivity index (χ1v) is 3.43. The zero-order valence-electron chi connectivity index (χ0n) is 6.00. The van der Waals surface area contributed by atoms with Crippen molar-refractivity contribution >= 4 is 6.29 Å². The molecule has 0 unspecified atom stereocenters. The normalized spacial score (nSPS) is 22.1. The highest BCUT2D eigenvalue weighted by molar-refractivity contribution is 5.55. The standard InChI is InChI=1S/C7H13NO/c1-6(2)8-3-7(4-8)5-9/h5-7H,3-4H2,1-2H3. The van der Waals surface area contributed by atoms with Crippen molar-refractivity contribution in [2.45, 2.75) is 19.9 Å². The average Bonchev–Trinajstić information content (AvgIpc) is 1.61. The van der Waals surface area contributed by atoms with Crippen molar-refractivity contribution < 1.29 is 4.79 Å². The Balaban J connectivity index is 2.19. The lowest BCUT2D eigenvalue weighted by Crippen LogP contribution is -2.50. The number of nitrogens with zero attached hydrogens (tertiary/aromatic N) is 1. The first-order chi connectivity index (χ1) is 4.24.